The molecule has 2 aromatic rings. The van der Waals surface area contributed by atoms with Crippen LogP contribution in [0.25, 0.3) is 0 Å². The molecule has 0 radical (unpaired) electrons. The summed E-state index contributed by atoms with van der Waals surface area (Å²) < 4.78 is 0. The minimum Gasteiger partial charge on any atom is -0.391 e. The molecule has 104 valence electrons. The average molecular weight is 296 g/mol. The lowest BCUT2D eigenvalue weighted by molar-refractivity contribution is 0.284. The molecule has 2 heterocycles. The normalized spacial score (nSPS) is 12.6. The van der Waals surface area contributed by atoms with Gasteiger partial charge < -0.3 is 10.0 Å². The maximum Gasteiger partial charge on any atom is 0.186 e. The van der Waals surface area contributed by atoms with Crippen LogP contribution in [0.1, 0.15) is 41.8 Å². The van der Waals surface area contributed by atoms with Gasteiger partial charge in [-0.05, 0) is 24.8 Å². The summed E-state index contributed by atoms with van der Waals surface area (Å²) in [7, 11) is 2.07. The third kappa shape index (κ3) is 3.16. The van der Waals surface area contributed by atoms with Crippen molar-refractivity contribution in [1.29, 1.82) is 0 Å². The molecular formula is C14H20N2OS2. The van der Waals surface area contributed by atoms with E-state index in [9.17, 15) is 5.11 Å². The fraction of sp³-hybridized carbons (Fsp3) is 0.500. The van der Waals surface area contributed by atoms with Crippen LogP contribution in [0.2, 0.25) is 0 Å². The van der Waals surface area contributed by atoms with Gasteiger partial charge in [0.25, 0.3) is 0 Å². The second kappa shape index (κ2) is 6.50. The lowest BCUT2D eigenvalue weighted by Crippen LogP contribution is -2.20. The molecule has 1 atom stereocenters. The van der Waals surface area contributed by atoms with E-state index in [1.54, 1.807) is 22.7 Å². The second-order valence-corrected chi connectivity index (χ2v) is 6.62. The zero-order valence-electron chi connectivity index (χ0n) is 11.6. The molecule has 0 saturated heterocycles. The number of aliphatic hydroxyl groups excluding tert-OH is 1. The SMILES string of the molecule is CCCc1nc(N(C)C(C)c2cccs2)sc1CO. The summed E-state index contributed by atoms with van der Waals surface area (Å²) in [6.45, 7) is 4.41. The molecule has 0 aromatic carbocycles. The van der Waals surface area contributed by atoms with Crippen LogP contribution in [0.15, 0.2) is 17.5 Å². The Morgan fingerprint density at radius 1 is 1.47 bits per heavy atom. The maximum atomic E-state index is 9.42. The van der Waals surface area contributed by atoms with Gasteiger partial charge in [0.2, 0.25) is 0 Å². The Bertz CT molecular complexity index is 508. The number of rotatable bonds is 6. The van der Waals surface area contributed by atoms with Gasteiger partial charge in [-0.3, -0.25) is 0 Å². The van der Waals surface area contributed by atoms with E-state index in [2.05, 4.69) is 43.3 Å². The summed E-state index contributed by atoms with van der Waals surface area (Å²) in [5.41, 5.74) is 1.05. The fourth-order valence-corrected chi connectivity index (χ4v) is 3.80. The molecule has 0 saturated carbocycles. The molecular weight excluding hydrogens is 276 g/mol. The van der Waals surface area contributed by atoms with Crippen LogP contribution in [-0.2, 0) is 13.0 Å². The molecule has 0 fully saturated rings. The molecule has 1 N–H and O–H groups in total. The van der Waals surface area contributed by atoms with Crippen molar-refractivity contribution in [3.63, 3.8) is 0 Å². The highest BCUT2D eigenvalue weighted by Crippen LogP contribution is 2.33. The Morgan fingerprint density at radius 3 is 2.84 bits per heavy atom. The molecule has 0 aliphatic rings. The number of aliphatic hydroxyl groups is 1. The van der Waals surface area contributed by atoms with E-state index in [-0.39, 0.29) is 6.61 Å². The van der Waals surface area contributed by atoms with Crippen LogP contribution in [0.4, 0.5) is 5.13 Å². The van der Waals surface area contributed by atoms with Crippen molar-refractivity contribution in [3.8, 4) is 0 Å². The van der Waals surface area contributed by atoms with Gasteiger partial charge in [-0.25, -0.2) is 4.98 Å². The first-order chi connectivity index (χ1) is 9.17. The van der Waals surface area contributed by atoms with Crippen molar-refractivity contribution in [3.05, 3.63) is 33.0 Å². The third-order valence-corrected chi connectivity index (χ3v) is 5.45. The maximum absolute atomic E-state index is 9.42. The first kappa shape index (κ1) is 14.5. The van der Waals surface area contributed by atoms with E-state index < -0.39 is 0 Å². The number of thiophene rings is 1. The molecule has 0 spiro atoms. The molecule has 5 heteroatoms. The number of aromatic nitrogens is 1. The second-order valence-electron chi connectivity index (χ2n) is 4.58. The summed E-state index contributed by atoms with van der Waals surface area (Å²) in [5, 5.41) is 12.5. The largest absolute Gasteiger partial charge is 0.391 e. The van der Waals surface area contributed by atoms with Crippen LogP contribution < -0.4 is 4.90 Å². The summed E-state index contributed by atoms with van der Waals surface area (Å²) in [4.78, 5) is 9.22. The Labute approximate surface area is 122 Å². The molecule has 19 heavy (non-hydrogen) atoms. The Hall–Kier alpha value is -0.910. The van der Waals surface area contributed by atoms with Gasteiger partial charge in [0.1, 0.15) is 0 Å². The fourth-order valence-electron chi connectivity index (χ4n) is 1.96. The number of thiazole rings is 1. The minimum atomic E-state index is 0.0915. The van der Waals surface area contributed by atoms with Crippen molar-refractivity contribution >= 4 is 27.8 Å². The predicted molar refractivity (Wildman–Crippen MR) is 83.2 cm³/mol. The van der Waals surface area contributed by atoms with E-state index in [0.717, 1.165) is 28.5 Å². The van der Waals surface area contributed by atoms with E-state index in [4.69, 9.17) is 4.98 Å². The molecule has 3 nitrogen and oxygen atoms in total. The molecule has 1 unspecified atom stereocenters. The molecule has 0 amide bonds. The molecule has 2 rings (SSSR count). The Balaban J connectivity index is 2.21. The number of hydrogen-bond donors (Lipinski definition) is 1. The van der Waals surface area contributed by atoms with Crippen molar-refractivity contribution in [2.45, 2.75) is 39.3 Å². The number of aryl methyl sites for hydroxylation is 1. The van der Waals surface area contributed by atoms with Gasteiger partial charge >= 0.3 is 0 Å². The van der Waals surface area contributed by atoms with Gasteiger partial charge in [-0.1, -0.05) is 30.7 Å². The van der Waals surface area contributed by atoms with Gasteiger partial charge in [0.05, 0.1) is 23.2 Å². The first-order valence-corrected chi connectivity index (χ1v) is 8.22. The monoisotopic (exact) mass is 296 g/mol. The van der Waals surface area contributed by atoms with Gasteiger partial charge in [-0.15, -0.1) is 11.3 Å². The zero-order chi connectivity index (χ0) is 13.8. The minimum absolute atomic E-state index is 0.0915. The van der Waals surface area contributed by atoms with Crippen LogP contribution in [-0.4, -0.2) is 17.1 Å². The van der Waals surface area contributed by atoms with E-state index in [1.165, 1.54) is 4.88 Å². The summed E-state index contributed by atoms with van der Waals surface area (Å²) in [5.74, 6) is 0. The zero-order valence-corrected chi connectivity index (χ0v) is 13.2. The van der Waals surface area contributed by atoms with Gasteiger partial charge in [-0.2, -0.15) is 0 Å². The lowest BCUT2D eigenvalue weighted by atomic mass is 10.2. The van der Waals surface area contributed by atoms with E-state index in [0.29, 0.717) is 6.04 Å². The van der Waals surface area contributed by atoms with Crippen LogP contribution in [0, 0.1) is 0 Å². The standard InChI is InChI=1S/C14H20N2OS2/c1-4-6-11-13(9-17)19-14(15-11)16(3)10(2)12-7-5-8-18-12/h5,7-8,10,17H,4,6,9H2,1-3H3. The molecule has 0 aliphatic heterocycles. The number of nitrogens with zero attached hydrogens (tertiary/aromatic N) is 2. The summed E-state index contributed by atoms with van der Waals surface area (Å²) in [6, 6.07) is 4.54. The highest BCUT2D eigenvalue weighted by Gasteiger charge is 2.18. The molecule has 2 aromatic heterocycles. The third-order valence-electron chi connectivity index (χ3n) is 3.23. The predicted octanol–water partition coefficient (Wildman–Crippen LogP) is 3.85. The van der Waals surface area contributed by atoms with Crippen LogP contribution >= 0.6 is 22.7 Å². The highest BCUT2D eigenvalue weighted by molar-refractivity contribution is 7.15. The summed E-state index contributed by atoms with van der Waals surface area (Å²) in [6.07, 6.45) is 1.99. The molecule has 0 aliphatic carbocycles. The summed E-state index contributed by atoms with van der Waals surface area (Å²) >= 11 is 3.37. The lowest BCUT2D eigenvalue weighted by Gasteiger charge is -2.23. The molecule has 0 bridgehead atoms. The van der Waals surface area contributed by atoms with Crippen molar-refractivity contribution in [1.82, 2.24) is 4.98 Å². The van der Waals surface area contributed by atoms with Gasteiger partial charge in [0, 0.05) is 11.9 Å². The average Bonchev–Trinajstić information content (AvgIpc) is 3.06. The number of anilines is 1. The van der Waals surface area contributed by atoms with Crippen LogP contribution in [0.5, 0.6) is 0 Å². The topological polar surface area (TPSA) is 36.4 Å². The van der Waals surface area contributed by atoms with Gasteiger partial charge in [0.15, 0.2) is 5.13 Å². The smallest absolute Gasteiger partial charge is 0.186 e. The van der Waals surface area contributed by atoms with Crippen molar-refractivity contribution < 1.29 is 5.11 Å². The Kier molecular flexibility index (Phi) is 4.96. The quantitative estimate of drug-likeness (QED) is 0.879. The van der Waals surface area contributed by atoms with E-state index in [1.807, 2.05) is 0 Å². The van der Waals surface area contributed by atoms with Crippen molar-refractivity contribution in [2.24, 2.45) is 0 Å². The van der Waals surface area contributed by atoms with Crippen LogP contribution in [0.3, 0.4) is 0 Å². The highest BCUT2D eigenvalue weighted by atomic mass is 32.1. The first-order valence-electron chi connectivity index (χ1n) is 6.53. The number of hydrogen-bond acceptors (Lipinski definition) is 5. The van der Waals surface area contributed by atoms with E-state index >= 15 is 0 Å². The Morgan fingerprint density at radius 2 is 2.26 bits per heavy atom. The van der Waals surface area contributed by atoms with Crippen molar-refractivity contribution in [2.75, 3.05) is 11.9 Å².